The monoisotopic (exact) mass is 414 g/mol. The molecule has 6 nitrogen and oxygen atoms in total. The molecule has 3 aromatic rings. The Kier molecular flexibility index (Phi) is 5.88. The van der Waals surface area contributed by atoms with E-state index in [1.54, 1.807) is 56.4 Å². The van der Waals surface area contributed by atoms with Gasteiger partial charge in [0.05, 0.1) is 10.0 Å². The quantitative estimate of drug-likeness (QED) is 0.587. The van der Waals surface area contributed by atoms with Crippen LogP contribution in [-0.4, -0.2) is 34.3 Å². The van der Waals surface area contributed by atoms with Gasteiger partial charge in [-0.15, -0.1) is 11.5 Å². The van der Waals surface area contributed by atoms with Gasteiger partial charge in [0.25, 0.3) is 5.91 Å². The van der Waals surface area contributed by atoms with Gasteiger partial charge in [0.15, 0.2) is 0 Å². The number of amides is 1. The van der Waals surface area contributed by atoms with Crippen LogP contribution in [0, 0.1) is 19.3 Å². The molecule has 0 spiro atoms. The van der Waals surface area contributed by atoms with Crippen molar-refractivity contribution in [3.8, 4) is 23.8 Å². The van der Waals surface area contributed by atoms with Crippen LogP contribution in [0.25, 0.3) is 5.69 Å². The number of terminal acetylenes is 1. The van der Waals surface area contributed by atoms with Gasteiger partial charge >= 0.3 is 0 Å². The van der Waals surface area contributed by atoms with E-state index in [1.165, 1.54) is 9.58 Å². The summed E-state index contributed by atoms with van der Waals surface area (Å²) in [5, 5.41) is 5.13. The number of aromatic nitrogens is 3. The zero-order valence-corrected chi connectivity index (χ0v) is 16.7. The fraction of sp³-hybridized carbons (Fsp3) is 0.150. The molecule has 0 aliphatic carbocycles. The Morgan fingerprint density at radius 3 is 2.46 bits per heavy atom. The van der Waals surface area contributed by atoms with Crippen LogP contribution in [0.1, 0.15) is 16.4 Å². The molecule has 0 saturated heterocycles. The predicted molar refractivity (Wildman–Crippen MR) is 110 cm³/mol. The summed E-state index contributed by atoms with van der Waals surface area (Å²) in [4.78, 5) is 18.5. The van der Waals surface area contributed by atoms with Gasteiger partial charge in [-0.3, -0.25) is 4.79 Å². The van der Waals surface area contributed by atoms with Gasteiger partial charge in [-0.05, 0) is 43.3 Å². The molecule has 142 valence electrons. The van der Waals surface area contributed by atoms with Crippen molar-refractivity contribution in [2.45, 2.75) is 6.92 Å². The molecule has 0 bridgehead atoms. The Bertz CT molecular complexity index is 1030. The predicted octanol–water partition coefficient (Wildman–Crippen LogP) is 4.17. The third kappa shape index (κ3) is 3.96. The Morgan fingerprint density at radius 2 is 1.86 bits per heavy atom. The molecular weight excluding hydrogens is 399 g/mol. The summed E-state index contributed by atoms with van der Waals surface area (Å²) in [5.74, 6) is 3.17. The lowest BCUT2D eigenvalue weighted by molar-refractivity contribution is 0.0983. The highest BCUT2D eigenvalue weighted by Gasteiger charge is 2.22. The van der Waals surface area contributed by atoms with Gasteiger partial charge in [-0.25, -0.2) is 9.67 Å². The fourth-order valence-corrected chi connectivity index (χ4v) is 3.10. The molecule has 28 heavy (non-hydrogen) atoms. The second-order valence-electron chi connectivity index (χ2n) is 5.82. The van der Waals surface area contributed by atoms with Crippen LogP contribution in [-0.2, 0) is 0 Å². The molecule has 0 N–H and O–H groups in total. The molecule has 1 heterocycles. The minimum atomic E-state index is -0.373. The standard InChI is InChI=1S/C20H16Cl2N4O2/c1-4-12-28-15-10-8-14(9-11-15)25(3)20(27)19-23-13(2)26(24-19)18-16(21)6-5-7-17(18)22/h1,5-11H,12H2,2-3H3. The van der Waals surface area contributed by atoms with Crippen LogP contribution < -0.4 is 9.64 Å². The number of halogens is 2. The van der Waals surface area contributed by atoms with Gasteiger partial charge in [0.2, 0.25) is 5.82 Å². The Morgan fingerprint density at radius 1 is 1.21 bits per heavy atom. The first-order valence-electron chi connectivity index (χ1n) is 8.24. The third-order valence-electron chi connectivity index (χ3n) is 3.96. The summed E-state index contributed by atoms with van der Waals surface area (Å²) in [6.45, 7) is 1.90. The third-order valence-corrected chi connectivity index (χ3v) is 4.57. The maximum atomic E-state index is 12.8. The number of aryl methyl sites for hydroxylation is 1. The molecule has 0 radical (unpaired) electrons. The lowest BCUT2D eigenvalue weighted by Crippen LogP contribution is -2.27. The average Bonchev–Trinajstić information content (AvgIpc) is 3.07. The SMILES string of the molecule is C#CCOc1ccc(N(C)C(=O)c2nc(C)n(-c3c(Cl)cccc3Cl)n2)cc1. The minimum Gasteiger partial charge on any atom is -0.481 e. The summed E-state index contributed by atoms with van der Waals surface area (Å²) >= 11 is 12.5. The molecule has 0 atom stereocenters. The molecule has 0 saturated carbocycles. The molecule has 1 aromatic heterocycles. The summed E-state index contributed by atoms with van der Waals surface area (Å²) in [7, 11) is 1.64. The molecular formula is C20H16Cl2N4O2. The number of rotatable bonds is 5. The average molecular weight is 415 g/mol. The van der Waals surface area contributed by atoms with E-state index in [-0.39, 0.29) is 18.3 Å². The fourth-order valence-electron chi connectivity index (χ4n) is 2.54. The topological polar surface area (TPSA) is 60.2 Å². The number of carbonyl (C=O) groups is 1. The minimum absolute atomic E-state index is 0.0312. The van der Waals surface area contributed by atoms with Gasteiger partial charge in [-0.2, -0.15) is 0 Å². The van der Waals surface area contributed by atoms with E-state index in [4.69, 9.17) is 34.4 Å². The first-order valence-corrected chi connectivity index (χ1v) is 9.00. The van der Waals surface area contributed by atoms with Gasteiger partial charge in [0.1, 0.15) is 23.9 Å². The van der Waals surface area contributed by atoms with Crippen molar-refractivity contribution in [3.63, 3.8) is 0 Å². The van der Waals surface area contributed by atoms with Gasteiger partial charge in [0, 0.05) is 12.7 Å². The van der Waals surface area contributed by atoms with Crippen LogP contribution in [0.15, 0.2) is 42.5 Å². The van der Waals surface area contributed by atoms with Crippen LogP contribution in [0.2, 0.25) is 10.0 Å². The van der Waals surface area contributed by atoms with Crippen molar-refractivity contribution in [2.24, 2.45) is 0 Å². The molecule has 1 amide bonds. The van der Waals surface area contributed by atoms with Crippen LogP contribution >= 0.6 is 23.2 Å². The maximum Gasteiger partial charge on any atom is 0.297 e. The smallest absolute Gasteiger partial charge is 0.297 e. The van der Waals surface area contributed by atoms with E-state index in [9.17, 15) is 4.79 Å². The Labute approximate surface area is 172 Å². The molecule has 0 aliphatic heterocycles. The highest BCUT2D eigenvalue weighted by Crippen LogP contribution is 2.28. The molecule has 0 unspecified atom stereocenters. The van der Waals surface area contributed by atoms with Crippen molar-refractivity contribution in [1.29, 1.82) is 0 Å². The van der Waals surface area contributed by atoms with E-state index in [0.717, 1.165) is 0 Å². The van der Waals surface area contributed by atoms with Crippen molar-refractivity contribution in [1.82, 2.24) is 14.8 Å². The van der Waals surface area contributed by atoms with Gasteiger partial charge < -0.3 is 9.64 Å². The summed E-state index contributed by atoms with van der Waals surface area (Å²) in [6.07, 6.45) is 5.17. The highest BCUT2D eigenvalue weighted by molar-refractivity contribution is 6.37. The first kappa shape index (κ1) is 19.7. The zero-order valence-electron chi connectivity index (χ0n) is 15.2. The van der Waals surface area contributed by atoms with E-state index in [1.807, 2.05) is 0 Å². The van der Waals surface area contributed by atoms with E-state index in [0.29, 0.717) is 33.0 Å². The largest absolute Gasteiger partial charge is 0.481 e. The number of hydrogen-bond donors (Lipinski definition) is 0. The summed E-state index contributed by atoms with van der Waals surface area (Å²) in [5.41, 5.74) is 1.13. The first-order chi connectivity index (χ1) is 13.4. The maximum absolute atomic E-state index is 12.8. The number of para-hydroxylation sites is 1. The second-order valence-corrected chi connectivity index (χ2v) is 6.63. The zero-order chi connectivity index (χ0) is 20.3. The van der Waals surface area contributed by atoms with Gasteiger partial charge in [-0.1, -0.05) is 35.2 Å². The Balaban J connectivity index is 1.86. The lowest BCUT2D eigenvalue weighted by Gasteiger charge is -2.15. The van der Waals surface area contributed by atoms with E-state index >= 15 is 0 Å². The van der Waals surface area contributed by atoms with Crippen molar-refractivity contribution in [3.05, 3.63) is 64.2 Å². The number of hydrogen-bond acceptors (Lipinski definition) is 4. The van der Waals surface area contributed by atoms with Crippen LogP contribution in [0.5, 0.6) is 5.75 Å². The number of ether oxygens (including phenoxy) is 1. The number of benzene rings is 2. The van der Waals surface area contributed by atoms with Crippen molar-refractivity contribution < 1.29 is 9.53 Å². The number of anilines is 1. The highest BCUT2D eigenvalue weighted by atomic mass is 35.5. The molecule has 2 aromatic carbocycles. The summed E-state index contributed by atoms with van der Waals surface area (Å²) in [6, 6.07) is 12.1. The van der Waals surface area contributed by atoms with Crippen molar-refractivity contribution in [2.75, 3.05) is 18.6 Å². The summed E-state index contributed by atoms with van der Waals surface area (Å²) < 4.78 is 6.79. The number of nitrogens with zero attached hydrogens (tertiary/aromatic N) is 4. The normalized spacial score (nSPS) is 10.4. The van der Waals surface area contributed by atoms with Crippen molar-refractivity contribution >= 4 is 34.8 Å². The van der Waals surface area contributed by atoms with Crippen LogP contribution in [0.3, 0.4) is 0 Å². The number of carbonyl (C=O) groups excluding carboxylic acids is 1. The Hall–Kier alpha value is -3.01. The van der Waals surface area contributed by atoms with Crippen LogP contribution in [0.4, 0.5) is 5.69 Å². The lowest BCUT2D eigenvalue weighted by atomic mass is 10.2. The van der Waals surface area contributed by atoms with E-state index in [2.05, 4.69) is 16.0 Å². The molecule has 0 fully saturated rings. The second kappa shape index (κ2) is 8.34. The van der Waals surface area contributed by atoms with E-state index < -0.39 is 0 Å². The molecule has 0 aliphatic rings. The molecule has 8 heteroatoms. The molecule has 3 rings (SSSR count).